The first kappa shape index (κ1) is 28.3. The van der Waals surface area contributed by atoms with Crippen molar-refractivity contribution in [1.82, 2.24) is 5.32 Å². The van der Waals surface area contributed by atoms with Crippen molar-refractivity contribution < 1.29 is 28.2 Å². The standard InChI is InChI=1S/C31H21Br2FN2O5/c32-22-14-21(28(27(33)16-22)41-18-20-6-8-23(34)9-7-20)15-26-29(37)35-31(39)36(30(26)38)24-10-12-25(13-11-24)40-17-19-4-2-1-3-5-19/h1-16H,17-18H2,(H,35,37,39)/b26-15+. The lowest BCUT2D eigenvalue weighted by Gasteiger charge is -2.26. The van der Waals surface area contributed by atoms with E-state index in [-0.39, 0.29) is 23.7 Å². The average Bonchev–Trinajstić information content (AvgIpc) is 2.95. The number of benzene rings is 4. The predicted molar refractivity (Wildman–Crippen MR) is 159 cm³/mol. The summed E-state index contributed by atoms with van der Waals surface area (Å²) >= 11 is 6.88. The Hall–Kier alpha value is -4.28. The zero-order valence-electron chi connectivity index (χ0n) is 21.3. The molecular weight excluding hydrogens is 659 g/mol. The predicted octanol–water partition coefficient (Wildman–Crippen LogP) is 7.18. The molecule has 1 saturated heterocycles. The number of nitrogens with zero attached hydrogens (tertiary/aromatic N) is 1. The van der Waals surface area contributed by atoms with Crippen LogP contribution in [0.4, 0.5) is 14.9 Å². The molecule has 0 radical (unpaired) electrons. The van der Waals surface area contributed by atoms with Crippen LogP contribution in [0.15, 0.2) is 106 Å². The summed E-state index contributed by atoms with van der Waals surface area (Å²) in [5, 5.41) is 2.23. The molecule has 1 fully saturated rings. The molecule has 0 aliphatic carbocycles. The molecule has 0 saturated carbocycles. The maximum absolute atomic E-state index is 13.5. The number of hydrogen-bond donors (Lipinski definition) is 1. The van der Waals surface area contributed by atoms with Gasteiger partial charge in [-0.05, 0) is 81.7 Å². The third kappa shape index (κ3) is 6.72. The molecule has 7 nitrogen and oxygen atoms in total. The molecule has 0 atom stereocenters. The normalized spacial score (nSPS) is 14.3. The number of hydrogen-bond acceptors (Lipinski definition) is 5. The number of halogens is 3. The Morgan fingerprint density at radius 3 is 2.17 bits per heavy atom. The summed E-state index contributed by atoms with van der Waals surface area (Å²) in [4.78, 5) is 39.9. The van der Waals surface area contributed by atoms with Crippen LogP contribution in [-0.4, -0.2) is 17.8 Å². The molecule has 1 N–H and O–H groups in total. The first-order valence-corrected chi connectivity index (χ1v) is 13.9. The highest BCUT2D eigenvalue weighted by Gasteiger charge is 2.37. The average molecular weight is 680 g/mol. The van der Waals surface area contributed by atoms with Crippen molar-refractivity contribution in [3.63, 3.8) is 0 Å². The molecule has 4 amide bonds. The molecule has 0 aromatic heterocycles. The monoisotopic (exact) mass is 678 g/mol. The molecule has 10 heteroatoms. The van der Waals surface area contributed by atoms with E-state index in [4.69, 9.17) is 9.47 Å². The van der Waals surface area contributed by atoms with Crippen molar-refractivity contribution >= 4 is 61.5 Å². The van der Waals surface area contributed by atoms with Crippen LogP contribution in [0.5, 0.6) is 11.5 Å². The molecule has 1 aliphatic rings. The number of rotatable bonds is 8. The topological polar surface area (TPSA) is 84.9 Å². The van der Waals surface area contributed by atoms with Gasteiger partial charge in [-0.1, -0.05) is 58.4 Å². The van der Waals surface area contributed by atoms with Gasteiger partial charge < -0.3 is 9.47 Å². The molecule has 0 unspecified atom stereocenters. The molecule has 5 rings (SSSR count). The fourth-order valence-corrected chi connectivity index (χ4v) is 5.43. The molecule has 1 aliphatic heterocycles. The van der Waals surface area contributed by atoms with E-state index in [0.29, 0.717) is 32.6 Å². The van der Waals surface area contributed by atoms with Crippen LogP contribution in [0.1, 0.15) is 16.7 Å². The van der Waals surface area contributed by atoms with Crippen LogP contribution in [0, 0.1) is 5.82 Å². The van der Waals surface area contributed by atoms with Crippen LogP contribution in [0.2, 0.25) is 0 Å². The molecule has 41 heavy (non-hydrogen) atoms. The SMILES string of the molecule is O=C1NC(=O)N(c2ccc(OCc3ccccc3)cc2)C(=O)/C1=C/c1cc(Br)cc(Br)c1OCc1ccc(F)cc1. The summed E-state index contributed by atoms with van der Waals surface area (Å²) in [5.41, 5.74) is 2.13. The minimum atomic E-state index is -0.863. The molecule has 206 valence electrons. The number of imide groups is 2. The van der Waals surface area contributed by atoms with Crippen LogP contribution in [-0.2, 0) is 22.8 Å². The Bertz CT molecular complexity index is 1640. The van der Waals surface area contributed by atoms with Gasteiger partial charge in [0.2, 0.25) is 0 Å². The largest absolute Gasteiger partial charge is 0.489 e. The second-order valence-corrected chi connectivity index (χ2v) is 10.7. The summed E-state index contributed by atoms with van der Waals surface area (Å²) in [6.07, 6.45) is 1.37. The number of barbiturate groups is 1. The van der Waals surface area contributed by atoms with Gasteiger partial charge in [0.15, 0.2) is 0 Å². The van der Waals surface area contributed by atoms with E-state index >= 15 is 0 Å². The first-order valence-electron chi connectivity index (χ1n) is 12.3. The highest BCUT2D eigenvalue weighted by Crippen LogP contribution is 2.36. The van der Waals surface area contributed by atoms with Crippen LogP contribution in [0.3, 0.4) is 0 Å². The van der Waals surface area contributed by atoms with E-state index in [1.54, 1.807) is 48.5 Å². The third-order valence-electron chi connectivity index (χ3n) is 6.08. The zero-order chi connectivity index (χ0) is 28.9. The van der Waals surface area contributed by atoms with Crippen LogP contribution >= 0.6 is 31.9 Å². The van der Waals surface area contributed by atoms with Crippen molar-refractivity contribution in [2.45, 2.75) is 13.2 Å². The minimum absolute atomic E-state index is 0.111. The summed E-state index contributed by atoms with van der Waals surface area (Å²) in [7, 11) is 0. The van der Waals surface area contributed by atoms with Gasteiger partial charge in [-0.15, -0.1) is 0 Å². The lowest BCUT2D eigenvalue weighted by atomic mass is 10.1. The second kappa shape index (κ2) is 12.5. The minimum Gasteiger partial charge on any atom is -0.489 e. The van der Waals surface area contributed by atoms with Crippen molar-refractivity contribution in [2.24, 2.45) is 0 Å². The fraction of sp³-hybridized carbons (Fsp3) is 0.0645. The van der Waals surface area contributed by atoms with Gasteiger partial charge in [0.1, 0.15) is 36.1 Å². The van der Waals surface area contributed by atoms with Crippen LogP contribution in [0.25, 0.3) is 6.08 Å². The lowest BCUT2D eigenvalue weighted by molar-refractivity contribution is -0.122. The highest BCUT2D eigenvalue weighted by atomic mass is 79.9. The fourth-order valence-electron chi connectivity index (χ4n) is 4.06. The van der Waals surface area contributed by atoms with E-state index in [2.05, 4.69) is 37.2 Å². The summed E-state index contributed by atoms with van der Waals surface area (Å²) in [5.74, 6) is -1.08. The van der Waals surface area contributed by atoms with Gasteiger partial charge in [0, 0.05) is 10.0 Å². The van der Waals surface area contributed by atoms with E-state index in [1.165, 1.54) is 18.2 Å². The zero-order valence-corrected chi connectivity index (χ0v) is 24.4. The number of ether oxygens (including phenoxy) is 2. The van der Waals surface area contributed by atoms with Gasteiger partial charge in [0.25, 0.3) is 11.8 Å². The number of carbonyl (C=O) groups excluding carboxylic acids is 3. The molecule has 1 heterocycles. The van der Waals surface area contributed by atoms with Crippen LogP contribution < -0.4 is 19.7 Å². The Morgan fingerprint density at radius 1 is 0.805 bits per heavy atom. The quantitative estimate of drug-likeness (QED) is 0.158. The molecule has 4 aromatic carbocycles. The third-order valence-corrected chi connectivity index (χ3v) is 7.13. The first-order chi connectivity index (χ1) is 19.8. The number of nitrogens with one attached hydrogen (secondary N) is 1. The molecule has 4 aromatic rings. The summed E-state index contributed by atoms with van der Waals surface area (Å²) in [6, 6.07) is 24.5. The van der Waals surface area contributed by atoms with E-state index in [9.17, 15) is 18.8 Å². The maximum atomic E-state index is 13.5. The molecule has 0 bridgehead atoms. The molecule has 0 spiro atoms. The van der Waals surface area contributed by atoms with E-state index in [0.717, 1.165) is 16.0 Å². The van der Waals surface area contributed by atoms with Gasteiger partial charge in [-0.2, -0.15) is 0 Å². The van der Waals surface area contributed by atoms with Gasteiger partial charge >= 0.3 is 6.03 Å². The van der Waals surface area contributed by atoms with Gasteiger partial charge in [0.05, 0.1) is 10.2 Å². The van der Waals surface area contributed by atoms with Gasteiger partial charge in [-0.25, -0.2) is 14.1 Å². The smallest absolute Gasteiger partial charge is 0.335 e. The summed E-state index contributed by atoms with van der Waals surface area (Å²) in [6.45, 7) is 0.471. The van der Waals surface area contributed by atoms with Crippen molar-refractivity contribution in [3.8, 4) is 11.5 Å². The van der Waals surface area contributed by atoms with E-state index < -0.39 is 17.8 Å². The Balaban J connectivity index is 1.39. The molecular formula is C31H21Br2FN2O5. The summed E-state index contributed by atoms with van der Waals surface area (Å²) < 4.78 is 26.3. The Kier molecular flexibility index (Phi) is 8.61. The van der Waals surface area contributed by atoms with Crippen molar-refractivity contribution in [2.75, 3.05) is 4.90 Å². The maximum Gasteiger partial charge on any atom is 0.335 e. The number of urea groups is 1. The number of carbonyl (C=O) groups is 3. The Labute approximate surface area is 251 Å². The van der Waals surface area contributed by atoms with Crippen molar-refractivity contribution in [1.29, 1.82) is 0 Å². The highest BCUT2D eigenvalue weighted by molar-refractivity contribution is 9.11. The van der Waals surface area contributed by atoms with Crippen molar-refractivity contribution in [3.05, 3.63) is 128 Å². The number of anilines is 1. The van der Waals surface area contributed by atoms with E-state index in [1.807, 2.05) is 30.3 Å². The van der Waals surface area contributed by atoms with Gasteiger partial charge in [-0.3, -0.25) is 14.9 Å². The Morgan fingerprint density at radius 2 is 1.46 bits per heavy atom. The second-order valence-electron chi connectivity index (χ2n) is 8.95. The number of amides is 4. The lowest BCUT2D eigenvalue weighted by Crippen LogP contribution is -2.54.